The van der Waals surface area contributed by atoms with Gasteiger partial charge in [-0.3, -0.25) is 4.31 Å². The van der Waals surface area contributed by atoms with Crippen LogP contribution in [0.25, 0.3) is 27.5 Å². The van der Waals surface area contributed by atoms with E-state index in [0.29, 0.717) is 0 Å². The smallest absolute Gasteiger partial charge is 0.260 e. The predicted molar refractivity (Wildman–Crippen MR) is 281 cm³/mol. The number of hydrogen-bond acceptors (Lipinski definition) is 9. The number of ether oxygens (including phenoxy) is 3. The number of anilines is 4. The molecule has 308 valence electrons. The fourth-order valence-corrected chi connectivity index (χ4v) is 14.0. The van der Waals surface area contributed by atoms with Crippen molar-refractivity contribution in [2.45, 2.75) is 14.7 Å². The van der Waals surface area contributed by atoms with Crippen LogP contribution in [-0.4, -0.2) is 49.7 Å². The van der Waals surface area contributed by atoms with E-state index in [2.05, 4.69) is 167 Å². The van der Waals surface area contributed by atoms with Gasteiger partial charge >= 0.3 is 0 Å². The molecule has 0 unspecified atom stereocenters. The van der Waals surface area contributed by atoms with E-state index in [0.717, 1.165) is 78.5 Å². The van der Waals surface area contributed by atoms with Crippen LogP contribution in [0.5, 0.6) is 34.5 Å². The van der Waals surface area contributed by atoms with Crippen LogP contribution >= 0.6 is 47.2 Å². The van der Waals surface area contributed by atoms with Gasteiger partial charge in [-0.2, -0.15) is 0 Å². The quantitative estimate of drug-likeness (QED) is 0.108. The van der Waals surface area contributed by atoms with E-state index < -0.39 is 0 Å². The molecule has 0 spiro atoms. The summed E-state index contributed by atoms with van der Waals surface area (Å²) in [6, 6.07) is 47.5. The van der Waals surface area contributed by atoms with Gasteiger partial charge in [0.15, 0.2) is 0 Å². The summed E-state index contributed by atoms with van der Waals surface area (Å²) in [5.41, 5.74) is 19.2. The highest BCUT2D eigenvalue weighted by atomic mass is 32.2. The van der Waals surface area contributed by atoms with E-state index in [1.54, 1.807) is 47.2 Å². The van der Waals surface area contributed by atoms with Gasteiger partial charge in [-0.1, -0.05) is 66.7 Å². The lowest BCUT2D eigenvalue weighted by atomic mass is 9.30. The summed E-state index contributed by atoms with van der Waals surface area (Å²) in [4.78, 5) is 3.50. The average Bonchev–Trinajstić information content (AvgIpc) is 3.68. The average molecular weight is 910 g/mol. The van der Waals surface area contributed by atoms with Gasteiger partial charge in [0.05, 0.1) is 16.9 Å². The topological polar surface area (TPSA) is 47.9 Å². The Morgan fingerprint density at radius 2 is 1.05 bits per heavy atom. The highest BCUT2D eigenvalue weighted by Crippen LogP contribution is 2.45. The van der Waals surface area contributed by atoms with Crippen LogP contribution in [0.3, 0.4) is 0 Å². The molecule has 0 bridgehead atoms. The predicted octanol–water partition coefficient (Wildman–Crippen LogP) is 7.92. The Balaban J connectivity index is 0.990. The van der Waals surface area contributed by atoms with Crippen molar-refractivity contribution in [1.82, 2.24) is 4.57 Å². The zero-order valence-corrected chi connectivity index (χ0v) is 38.9. The molecule has 6 aliphatic rings. The first-order chi connectivity index (χ1) is 32.0. The van der Waals surface area contributed by atoms with E-state index in [1.807, 2.05) is 0 Å². The second-order valence-electron chi connectivity index (χ2n) is 17.5. The van der Waals surface area contributed by atoms with E-state index in [9.17, 15) is 0 Å². The van der Waals surface area contributed by atoms with Gasteiger partial charge in [-0.15, -0.1) is 35.3 Å². The molecular weight excluding hydrogens is 875 g/mol. The van der Waals surface area contributed by atoms with Crippen LogP contribution in [0.2, 0.25) is 0 Å². The number of benzene rings is 8. The molecule has 7 heterocycles. The standard InChI is InChI=1S/C52H34B3N3O3S4/c1-62-26-16-38-49-41(17-26)57-39-14-7-5-10-29(39)30-11-9-13-32(52(30)57)54(49)33-22-35-44(24-37(33)56-38)60-47-20-28(64-3)21-48-51(47)55(35)36-23-34-40(25-45(36)61-48)58(65-4)42-18-27(63-2)19-46-50(42)53(34)31-12-6-8-15-43(31)59-46/h5-25,56H,1-4H3. The Morgan fingerprint density at radius 3 is 1.85 bits per heavy atom. The zero-order chi connectivity index (χ0) is 43.0. The molecule has 9 aromatic rings. The van der Waals surface area contributed by atoms with Crippen LogP contribution in [0.15, 0.2) is 142 Å². The van der Waals surface area contributed by atoms with Crippen molar-refractivity contribution in [3.8, 4) is 40.2 Å². The van der Waals surface area contributed by atoms with E-state index in [-0.39, 0.29) is 20.1 Å². The van der Waals surface area contributed by atoms with Crippen LogP contribution in [-0.2, 0) is 0 Å². The molecule has 0 atom stereocenters. The van der Waals surface area contributed by atoms with Gasteiger partial charge in [-0.05, 0) is 123 Å². The monoisotopic (exact) mass is 909 g/mol. The summed E-state index contributed by atoms with van der Waals surface area (Å²) < 4.78 is 25.9. The highest BCUT2D eigenvalue weighted by molar-refractivity contribution is 8.00. The second kappa shape index (κ2) is 13.4. The maximum atomic E-state index is 7.13. The lowest BCUT2D eigenvalue weighted by Gasteiger charge is -2.41. The molecule has 6 nitrogen and oxygen atoms in total. The van der Waals surface area contributed by atoms with Crippen molar-refractivity contribution in [3.05, 3.63) is 127 Å². The Labute approximate surface area is 394 Å². The number of nitrogens with one attached hydrogen (secondary N) is 1. The molecule has 15 rings (SSSR count). The SMILES string of the molecule is CSc1cc2c3c(c1)Oc1cc4c(cc1B3c1cc3c(cc1O2)Nc1cc(SC)cc2c1B3c1cccc3c5ccccc5n-2c13)B1c2ccccc2Oc2cc(SC)cc(c21)N4SC. The summed E-state index contributed by atoms with van der Waals surface area (Å²) in [5.74, 6) is 5.28. The minimum absolute atomic E-state index is 0.00974. The van der Waals surface area contributed by atoms with E-state index in [4.69, 9.17) is 14.2 Å². The fraction of sp³-hybridized carbons (Fsp3) is 0.0769. The lowest BCUT2D eigenvalue weighted by molar-refractivity contribution is 0.462. The number of hydrogen-bond donors (Lipinski definition) is 1. The first kappa shape index (κ1) is 37.4. The number of rotatable bonds is 4. The maximum Gasteiger partial charge on any atom is 0.260 e. The highest BCUT2D eigenvalue weighted by Gasteiger charge is 2.48. The Hall–Kier alpha value is -5.85. The van der Waals surface area contributed by atoms with E-state index >= 15 is 0 Å². The third kappa shape index (κ3) is 4.86. The maximum absolute atomic E-state index is 7.13. The van der Waals surface area contributed by atoms with Crippen molar-refractivity contribution >= 4 is 161 Å². The van der Waals surface area contributed by atoms with Gasteiger partial charge in [0, 0.05) is 71.9 Å². The van der Waals surface area contributed by atoms with Crippen LogP contribution in [0.4, 0.5) is 22.7 Å². The number of thioether (sulfide) groups is 3. The molecule has 65 heavy (non-hydrogen) atoms. The molecule has 0 amide bonds. The molecule has 6 aliphatic heterocycles. The molecule has 13 heteroatoms. The van der Waals surface area contributed by atoms with Gasteiger partial charge in [0.2, 0.25) is 0 Å². The largest absolute Gasteiger partial charge is 0.458 e. The van der Waals surface area contributed by atoms with Gasteiger partial charge in [0.25, 0.3) is 20.1 Å². The normalized spacial score (nSPS) is 14.5. The number of nitrogens with zero attached hydrogens (tertiary/aromatic N) is 2. The molecule has 1 aromatic heterocycles. The fourth-order valence-electron chi connectivity index (χ4n) is 11.9. The molecule has 0 saturated heterocycles. The van der Waals surface area contributed by atoms with Crippen molar-refractivity contribution in [3.63, 3.8) is 0 Å². The summed E-state index contributed by atoms with van der Waals surface area (Å²) >= 11 is 6.96. The molecule has 0 aliphatic carbocycles. The minimum Gasteiger partial charge on any atom is -0.458 e. The van der Waals surface area contributed by atoms with Gasteiger partial charge in [-0.25, -0.2) is 0 Å². The van der Waals surface area contributed by atoms with Crippen LogP contribution < -0.4 is 73.0 Å². The molecule has 0 saturated carbocycles. The summed E-state index contributed by atoms with van der Waals surface area (Å²) in [6.07, 6.45) is 8.58. The zero-order valence-electron chi connectivity index (χ0n) is 35.6. The van der Waals surface area contributed by atoms with Crippen molar-refractivity contribution in [2.24, 2.45) is 0 Å². The van der Waals surface area contributed by atoms with Crippen molar-refractivity contribution in [2.75, 3.05) is 34.6 Å². The second-order valence-corrected chi connectivity index (χ2v) is 20.8. The van der Waals surface area contributed by atoms with Gasteiger partial charge < -0.3 is 24.1 Å². The third-order valence-electron chi connectivity index (χ3n) is 14.5. The number of fused-ring (bicyclic) bond motifs is 15. The van der Waals surface area contributed by atoms with Crippen LogP contribution in [0, 0.1) is 0 Å². The molecule has 1 N–H and O–H groups in total. The number of aromatic nitrogens is 1. The van der Waals surface area contributed by atoms with Gasteiger partial charge in [0.1, 0.15) is 34.5 Å². The van der Waals surface area contributed by atoms with Crippen molar-refractivity contribution < 1.29 is 14.2 Å². The number of para-hydroxylation sites is 3. The Bertz CT molecular complexity index is 3690. The summed E-state index contributed by atoms with van der Waals surface area (Å²) in [7, 11) is 0. The molecule has 0 radical (unpaired) electrons. The third-order valence-corrected chi connectivity index (χ3v) is 17.4. The Morgan fingerprint density at radius 1 is 0.431 bits per heavy atom. The lowest BCUT2D eigenvalue weighted by Crippen LogP contribution is -2.64. The molecule has 0 fully saturated rings. The van der Waals surface area contributed by atoms with E-state index in [1.165, 1.54) is 70.1 Å². The summed E-state index contributed by atoms with van der Waals surface area (Å²) in [5, 5.41) is 6.55. The first-order valence-electron chi connectivity index (χ1n) is 21.8. The minimum atomic E-state index is -0.137. The van der Waals surface area contributed by atoms with Crippen molar-refractivity contribution in [1.29, 1.82) is 0 Å². The molecule has 8 aromatic carbocycles. The first-order valence-corrected chi connectivity index (χ1v) is 26.6. The van der Waals surface area contributed by atoms with Crippen LogP contribution in [0.1, 0.15) is 0 Å². The Kier molecular flexibility index (Phi) is 7.70. The summed E-state index contributed by atoms with van der Waals surface area (Å²) in [6.45, 7) is -0.149. The molecular formula is C52H34B3N3O3S4.